The van der Waals surface area contributed by atoms with Gasteiger partial charge in [-0.2, -0.15) is 5.26 Å². The third-order valence-electron chi connectivity index (χ3n) is 2.78. The molecule has 0 aromatic heterocycles. The summed E-state index contributed by atoms with van der Waals surface area (Å²) in [5.41, 5.74) is 0.333. The van der Waals surface area contributed by atoms with Crippen LogP contribution in [0, 0.1) is 17.2 Å². The maximum absolute atomic E-state index is 11.9. The van der Waals surface area contributed by atoms with Crippen molar-refractivity contribution in [3.63, 3.8) is 0 Å². The predicted molar refractivity (Wildman–Crippen MR) is 55.9 cm³/mol. The first-order valence-corrected chi connectivity index (χ1v) is 5.43. The van der Waals surface area contributed by atoms with Gasteiger partial charge in [-0.3, -0.25) is 4.79 Å². The molecule has 1 N–H and O–H groups in total. The highest BCUT2D eigenvalue weighted by Gasteiger charge is 2.24. The zero-order valence-corrected chi connectivity index (χ0v) is 8.70. The highest BCUT2D eigenvalue weighted by Crippen LogP contribution is 2.31. The summed E-state index contributed by atoms with van der Waals surface area (Å²) in [6.45, 7) is 3.08. The van der Waals surface area contributed by atoms with E-state index in [1.807, 2.05) is 12.1 Å². The number of amides is 1. The molecule has 1 aliphatic heterocycles. The maximum atomic E-state index is 11.9. The van der Waals surface area contributed by atoms with Gasteiger partial charge in [0.05, 0.1) is 0 Å². The third kappa shape index (κ3) is 2.57. The Morgan fingerprint density at radius 1 is 1.40 bits per heavy atom. The van der Waals surface area contributed by atoms with Gasteiger partial charge in [0.25, 0.3) is 5.91 Å². The number of nitriles is 1. The number of carbonyl (C=O) groups excluding carboxylic acids is 1. The van der Waals surface area contributed by atoms with Crippen LogP contribution >= 0.6 is 0 Å². The van der Waals surface area contributed by atoms with Crippen molar-refractivity contribution in [3.8, 4) is 6.07 Å². The minimum atomic E-state index is -0.0918. The summed E-state index contributed by atoms with van der Waals surface area (Å²) in [6.07, 6.45) is 4.09. The van der Waals surface area contributed by atoms with Gasteiger partial charge in [-0.25, -0.2) is 0 Å². The van der Waals surface area contributed by atoms with E-state index in [2.05, 4.69) is 5.32 Å². The van der Waals surface area contributed by atoms with Crippen LogP contribution in [0.5, 0.6) is 0 Å². The Morgan fingerprint density at radius 3 is 2.60 bits per heavy atom. The van der Waals surface area contributed by atoms with Crippen LogP contribution in [0.1, 0.15) is 12.8 Å². The van der Waals surface area contributed by atoms with E-state index in [0.29, 0.717) is 24.6 Å². The van der Waals surface area contributed by atoms with Crippen molar-refractivity contribution in [2.45, 2.75) is 12.8 Å². The van der Waals surface area contributed by atoms with E-state index < -0.39 is 0 Å². The van der Waals surface area contributed by atoms with Crippen molar-refractivity contribution in [2.24, 2.45) is 5.92 Å². The Morgan fingerprint density at radius 2 is 2.07 bits per heavy atom. The molecular weight excluding hydrogens is 190 g/mol. The SMILES string of the molecule is N#C/C(=C\C1CC1)C(=O)N1CCNCC1. The van der Waals surface area contributed by atoms with E-state index in [-0.39, 0.29) is 5.91 Å². The number of rotatable bonds is 2. The largest absolute Gasteiger partial charge is 0.335 e. The van der Waals surface area contributed by atoms with E-state index in [4.69, 9.17) is 5.26 Å². The number of hydrogen-bond acceptors (Lipinski definition) is 3. The summed E-state index contributed by atoms with van der Waals surface area (Å²) < 4.78 is 0. The average Bonchev–Trinajstić information content (AvgIpc) is 3.10. The summed E-state index contributed by atoms with van der Waals surface area (Å²) in [4.78, 5) is 13.7. The molecule has 1 aliphatic carbocycles. The second-order valence-corrected chi connectivity index (χ2v) is 4.07. The van der Waals surface area contributed by atoms with Crippen molar-refractivity contribution in [1.29, 1.82) is 5.26 Å². The van der Waals surface area contributed by atoms with E-state index in [1.165, 1.54) is 0 Å². The number of piperazine rings is 1. The fourth-order valence-corrected chi connectivity index (χ4v) is 1.69. The molecule has 1 saturated carbocycles. The monoisotopic (exact) mass is 205 g/mol. The second-order valence-electron chi connectivity index (χ2n) is 4.07. The van der Waals surface area contributed by atoms with E-state index in [1.54, 1.807) is 4.90 Å². The normalized spacial score (nSPS) is 22.3. The van der Waals surface area contributed by atoms with Crippen molar-refractivity contribution < 1.29 is 4.79 Å². The molecule has 1 saturated heterocycles. The van der Waals surface area contributed by atoms with Crippen molar-refractivity contribution in [3.05, 3.63) is 11.6 Å². The van der Waals surface area contributed by atoms with Gasteiger partial charge in [0.15, 0.2) is 0 Å². The first kappa shape index (κ1) is 10.2. The Bertz CT molecular complexity index is 319. The molecule has 2 fully saturated rings. The Hall–Kier alpha value is -1.34. The Labute approximate surface area is 89.6 Å². The third-order valence-corrected chi connectivity index (χ3v) is 2.78. The lowest BCUT2D eigenvalue weighted by molar-refractivity contribution is -0.127. The molecule has 4 heteroatoms. The van der Waals surface area contributed by atoms with Crippen LogP contribution in [0.15, 0.2) is 11.6 Å². The fraction of sp³-hybridized carbons (Fsp3) is 0.636. The van der Waals surface area contributed by atoms with Gasteiger partial charge in [0.1, 0.15) is 11.6 Å². The van der Waals surface area contributed by atoms with Gasteiger partial charge < -0.3 is 10.2 Å². The molecule has 0 unspecified atom stereocenters. The van der Waals surface area contributed by atoms with Gasteiger partial charge >= 0.3 is 0 Å². The van der Waals surface area contributed by atoms with Crippen LogP contribution in [0.3, 0.4) is 0 Å². The lowest BCUT2D eigenvalue weighted by Gasteiger charge is -2.27. The summed E-state index contributed by atoms with van der Waals surface area (Å²) in [5.74, 6) is 0.386. The molecule has 1 amide bonds. The van der Waals surface area contributed by atoms with Gasteiger partial charge in [-0.15, -0.1) is 0 Å². The number of nitrogens with one attached hydrogen (secondary N) is 1. The van der Waals surface area contributed by atoms with Gasteiger partial charge in [-0.05, 0) is 18.8 Å². The summed E-state index contributed by atoms with van der Waals surface area (Å²) in [5, 5.41) is 12.1. The molecule has 0 aromatic carbocycles. The van der Waals surface area contributed by atoms with Crippen LogP contribution in [-0.2, 0) is 4.79 Å². The van der Waals surface area contributed by atoms with Gasteiger partial charge in [0.2, 0.25) is 0 Å². The van der Waals surface area contributed by atoms with Crippen molar-refractivity contribution in [2.75, 3.05) is 26.2 Å². The molecule has 80 valence electrons. The molecule has 0 atom stereocenters. The average molecular weight is 205 g/mol. The van der Waals surface area contributed by atoms with Gasteiger partial charge in [-0.1, -0.05) is 6.08 Å². The predicted octanol–water partition coefficient (Wildman–Crippen LogP) is 0.278. The molecular formula is C11H15N3O. The standard InChI is InChI=1S/C11H15N3O/c12-8-10(7-9-1-2-9)11(15)14-5-3-13-4-6-14/h7,9,13H,1-6H2/b10-7+. The van der Waals surface area contributed by atoms with Crippen LogP contribution in [-0.4, -0.2) is 37.0 Å². The molecule has 2 aliphatic rings. The zero-order chi connectivity index (χ0) is 10.7. The molecule has 0 radical (unpaired) electrons. The van der Waals surface area contributed by atoms with Gasteiger partial charge in [0, 0.05) is 26.2 Å². The topological polar surface area (TPSA) is 56.1 Å². The highest BCUT2D eigenvalue weighted by atomic mass is 16.2. The van der Waals surface area contributed by atoms with Crippen LogP contribution in [0.4, 0.5) is 0 Å². The lowest BCUT2D eigenvalue weighted by Crippen LogP contribution is -2.46. The molecule has 0 spiro atoms. The second kappa shape index (κ2) is 4.45. The fourth-order valence-electron chi connectivity index (χ4n) is 1.69. The van der Waals surface area contributed by atoms with E-state index in [9.17, 15) is 4.79 Å². The summed E-state index contributed by atoms with van der Waals surface area (Å²) >= 11 is 0. The van der Waals surface area contributed by atoms with E-state index >= 15 is 0 Å². The van der Waals surface area contributed by atoms with Crippen molar-refractivity contribution in [1.82, 2.24) is 10.2 Å². The number of hydrogen-bond donors (Lipinski definition) is 1. The summed E-state index contributed by atoms with van der Waals surface area (Å²) in [6, 6.07) is 2.02. The Balaban J connectivity index is 2.00. The minimum Gasteiger partial charge on any atom is -0.335 e. The Kier molecular flexibility index (Phi) is 3.02. The maximum Gasteiger partial charge on any atom is 0.264 e. The molecule has 0 bridgehead atoms. The lowest BCUT2D eigenvalue weighted by atomic mass is 10.2. The van der Waals surface area contributed by atoms with Crippen LogP contribution < -0.4 is 5.32 Å². The van der Waals surface area contributed by atoms with Crippen molar-refractivity contribution >= 4 is 5.91 Å². The molecule has 15 heavy (non-hydrogen) atoms. The summed E-state index contributed by atoms with van der Waals surface area (Å²) in [7, 11) is 0. The molecule has 4 nitrogen and oxygen atoms in total. The number of allylic oxidation sites excluding steroid dienone is 1. The first-order chi connectivity index (χ1) is 7.31. The quantitative estimate of drug-likeness (QED) is 0.520. The van der Waals surface area contributed by atoms with E-state index in [0.717, 1.165) is 25.9 Å². The first-order valence-electron chi connectivity index (χ1n) is 5.43. The zero-order valence-electron chi connectivity index (χ0n) is 8.70. The molecule has 0 aromatic rings. The van der Waals surface area contributed by atoms with Crippen LogP contribution in [0.2, 0.25) is 0 Å². The smallest absolute Gasteiger partial charge is 0.264 e. The highest BCUT2D eigenvalue weighted by molar-refractivity contribution is 5.97. The van der Waals surface area contributed by atoms with Crippen LogP contribution in [0.25, 0.3) is 0 Å². The number of nitrogens with zero attached hydrogens (tertiary/aromatic N) is 2. The number of carbonyl (C=O) groups is 1. The molecule has 2 rings (SSSR count). The molecule has 1 heterocycles. The minimum absolute atomic E-state index is 0.0918.